The fraction of sp³-hybridized carbons (Fsp3) is 0.143. The molecule has 0 fully saturated rings. The molecule has 0 saturated heterocycles. The number of methoxy groups -OCH3 is 1. The number of hydrogen-bond donors (Lipinski definition) is 2. The highest BCUT2D eigenvalue weighted by Gasteiger charge is 2.06. The number of hydrogen-bond acceptors (Lipinski definition) is 3. The van der Waals surface area contributed by atoms with E-state index in [1.165, 1.54) is 0 Å². The van der Waals surface area contributed by atoms with E-state index in [-0.39, 0.29) is 0 Å². The number of halogens is 1. The summed E-state index contributed by atoms with van der Waals surface area (Å²) in [6, 6.07) is 11.8. The monoisotopic (exact) mass is 306 g/mol. The van der Waals surface area contributed by atoms with Gasteiger partial charge in [0.1, 0.15) is 5.75 Å². The average Bonchev–Trinajstić information content (AvgIpc) is 2.36. The van der Waals surface area contributed by atoms with Crippen molar-refractivity contribution in [2.45, 2.75) is 6.92 Å². The molecule has 18 heavy (non-hydrogen) atoms. The van der Waals surface area contributed by atoms with E-state index in [0.717, 1.165) is 21.4 Å². The van der Waals surface area contributed by atoms with Gasteiger partial charge in [0.2, 0.25) is 0 Å². The minimum absolute atomic E-state index is 0.611. The maximum absolute atomic E-state index is 6.03. The summed E-state index contributed by atoms with van der Waals surface area (Å²) in [5.41, 5.74) is 9.66. The molecule has 0 bridgehead atoms. The Hall–Kier alpha value is -1.68. The van der Waals surface area contributed by atoms with Gasteiger partial charge >= 0.3 is 0 Å². The first-order valence-corrected chi connectivity index (χ1v) is 6.37. The highest BCUT2D eigenvalue weighted by atomic mass is 79.9. The van der Waals surface area contributed by atoms with Gasteiger partial charge in [-0.3, -0.25) is 0 Å². The number of benzene rings is 2. The molecule has 0 unspecified atom stereocenters. The van der Waals surface area contributed by atoms with Crippen molar-refractivity contribution in [2.24, 2.45) is 0 Å². The lowest BCUT2D eigenvalue weighted by Gasteiger charge is -2.14. The summed E-state index contributed by atoms with van der Waals surface area (Å²) < 4.78 is 6.23. The molecule has 2 aromatic rings. The highest BCUT2D eigenvalue weighted by molar-refractivity contribution is 9.10. The molecule has 0 saturated carbocycles. The van der Waals surface area contributed by atoms with Crippen LogP contribution in [0.3, 0.4) is 0 Å². The Balaban J connectivity index is 2.37. The first-order chi connectivity index (χ1) is 8.61. The molecule has 0 aromatic heterocycles. The van der Waals surface area contributed by atoms with Crippen molar-refractivity contribution in [1.29, 1.82) is 0 Å². The molecule has 0 heterocycles. The Kier molecular flexibility index (Phi) is 3.77. The molecule has 0 aliphatic carbocycles. The normalized spacial score (nSPS) is 10.2. The van der Waals surface area contributed by atoms with Crippen molar-refractivity contribution in [1.82, 2.24) is 0 Å². The van der Waals surface area contributed by atoms with Crippen LogP contribution in [0.4, 0.5) is 17.1 Å². The molecular weight excluding hydrogens is 292 g/mol. The lowest BCUT2D eigenvalue weighted by molar-refractivity contribution is 0.417. The molecule has 3 nitrogen and oxygen atoms in total. The van der Waals surface area contributed by atoms with Gasteiger partial charge in [0, 0.05) is 10.2 Å². The molecule has 2 rings (SSSR count). The third-order valence-electron chi connectivity index (χ3n) is 2.75. The van der Waals surface area contributed by atoms with Gasteiger partial charge in [-0.05, 0) is 36.8 Å². The lowest BCUT2D eigenvalue weighted by atomic mass is 10.2. The predicted molar refractivity (Wildman–Crippen MR) is 79.6 cm³/mol. The van der Waals surface area contributed by atoms with E-state index < -0.39 is 0 Å². The van der Waals surface area contributed by atoms with Gasteiger partial charge in [-0.15, -0.1) is 0 Å². The maximum Gasteiger partial charge on any atom is 0.143 e. The van der Waals surface area contributed by atoms with Gasteiger partial charge < -0.3 is 15.8 Å². The Morgan fingerprint density at radius 3 is 2.67 bits per heavy atom. The van der Waals surface area contributed by atoms with E-state index in [2.05, 4.69) is 21.2 Å². The van der Waals surface area contributed by atoms with Gasteiger partial charge in [-0.25, -0.2) is 0 Å². The van der Waals surface area contributed by atoms with E-state index in [0.29, 0.717) is 11.4 Å². The molecule has 4 heteroatoms. The highest BCUT2D eigenvalue weighted by Crippen LogP contribution is 2.32. The predicted octanol–water partition coefficient (Wildman–Crippen LogP) is 4.09. The number of anilines is 3. The van der Waals surface area contributed by atoms with Gasteiger partial charge in [-0.1, -0.05) is 28.1 Å². The standard InChI is InChI=1S/C14H15BrN2O/c1-9-6-7-10(15)8-12(9)17-11-4-3-5-13(18-2)14(11)16/h3-8,17H,16H2,1-2H3. The van der Waals surface area contributed by atoms with Crippen LogP contribution in [0.5, 0.6) is 5.75 Å². The van der Waals surface area contributed by atoms with Crippen molar-refractivity contribution in [3.05, 3.63) is 46.4 Å². The van der Waals surface area contributed by atoms with Crippen LogP contribution < -0.4 is 15.8 Å². The van der Waals surface area contributed by atoms with E-state index >= 15 is 0 Å². The first-order valence-electron chi connectivity index (χ1n) is 5.57. The van der Waals surface area contributed by atoms with Crippen molar-refractivity contribution >= 4 is 33.0 Å². The molecule has 0 aliphatic rings. The SMILES string of the molecule is COc1cccc(Nc2cc(Br)ccc2C)c1N. The summed E-state index contributed by atoms with van der Waals surface area (Å²) in [7, 11) is 1.61. The van der Waals surface area contributed by atoms with Gasteiger partial charge in [0.15, 0.2) is 0 Å². The fourth-order valence-corrected chi connectivity index (χ4v) is 2.07. The number of para-hydroxylation sites is 1. The summed E-state index contributed by atoms with van der Waals surface area (Å²) in [5.74, 6) is 0.674. The van der Waals surface area contributed by atoms with Crippen molar-refractivity contribution in [2.75, 3.05) is 18.2 Å². The Morgan fingerprint density at radius 1 is 1.17 bits per heavy atom. The van der Waals surface area contributed by atoms with Crippen LogP contribution in [0.1, 0.15) is 5.56 Å². The van der Waals surface area contributed by atoms with Crippen molar-refractivity contribution in [3.63, 3.8) is 0 Å². The molecule has 3 N–H and O–H groups in total. The van der Waals surface area contributed by atoms with Crippen LogP contribution in [0.15, 0.2) is 40.9 Å². The smallest absolute Gasteiger partial charge is 0.143 e. The van der Waals surface area contributed by atoms with Crippen LogP contribution in [0, 0.1) is 6.92 Å². The second kappa shape index (κ2) is 5.31. The summed E-state index contributed by atoms with van der Waals surface area (Å²) in [5, 5.41) is 3.32. The van der Waals surface area contributed by atoms with Crippen molar-refractivity contribution in [3.8, 4) is 5.75 Å². The summed E-state index contributed by atoms with van der Waals surface area (Å²) in [6.45, 7) is 2.05. The molecule has 0 spiro atoms. The first kappa shape index (κ1) is 12.8. The van der Waals surface area contributed by atoms with Crippen molar-refractivity contribution < 1.29 is 4.74 Å². The molecule has 0 radical (unpaired) electrons. The van der Waals surface area contributed by atoms with Gasteiger partial charge in [0.05, 0.1) is 18.5 Å². The molecule has 0 aliphatic heterocycles. The average molecular weight is 307 g/mol. The quantitative estimate of drug-likeness (QED) is 0.840. The van der Waals surface area contributed by atoms with E-state index in [1.54, 1.807) is 7.11 Å². The second-order valence-electron chi connectivity index (χ2n) is 4.01. The number of rotatable bonds is 3. The van der Waals surface area contributed by atoms with Gasteiger partial charge in [0.25, 0.3) is 0 Å². The molecule has 2 aromatic carbocycles. The van der Waals surface area contributed by atoms with Crippen LogP contribution in [-0.4, -0.2) is 7.11 Å². The number of aryl methyl sites for hydroxylation is 1. The maximum atomic E-state index is 6.03. The third kappa shape index (κ3) is 2.59. The minimum atomic E-state index is 0.611. The van der Waals surface area contributed by atoms with E-state index in [4.69, 9.17) is 10.5 Å². The summed E-state index contributed by atoms with van der Waals surface area (Å²) in [6.07, 6.45) is 0. The van der Waals surface area contributed by atoms with E-state index in [9.17, 15) is 0 Å². The van der Waals surface area contributed by atoms with E-state index in [1.807, 2.05) is 43.3 Å². The zero-order chi connectivity index (χ0) is 13.1. The Bertz CT molecular complexity index is 570. The molecular formula is C14H15BrN2O. The zero-order valence-corrected chi connectivity index (χ0v) is 11.9. The van der Waals surface area contributed by atoms with Crippen LogP contribution in [-0.2, 0) is 0 Å². The van der Waals surface area contributed by atoms with Gasteiger partial charge in [-0.2, -0.15) is 0 Å². The number of ether oxygens (including phenoxy) is 1. The second-order valence-corrected chi connectivity index (χ2v) is 4.92. The fourth-order valence-electron chi connectivity index (χ4n) is 1.70. The van der Waals surface area contributed by atoms with Crippen LogP contribution in [0.25, 0.3) is 0 Å². The Morgan fingerprint density at radius 2 is 1.94 bits per heavy atom. The molecule has 94 valence electrons. The number of nitrogens with one attached hydrogen (secondary N) is 1. The van der Waals surface area contributed by atoms with Crippen LogP contribution in [0.2, 0.25) is 0 Å². The summed E-state index contributed by atoms with van der Waals surface area (Å²) in [4.78, 5) is 0. The largest absolute Gasteiger partial charge is 0.495 e. The zero-order valence-electron chi connectivity index (χ0n) is 10.3. The summed E-state index contributed by atoms with van der Waals surface area (Å²) >= 11 is 3.46. The topological polar surface area (TPSA) is 47.3 Å². The van der Waals surface area contributed by atoms with Crippen LogP contribution >= 0.6 is 15.9 Å². The number of nitrogen functional groups attached to an aromatic ring is 1. The Labute approximate surface area is 115 Å². The minimum Gasteiger partial charge on any atom is -0.495 e. The third-order valence-corrected chi connectivity index (χ3v) is 3.25. The number of nitrogens with two attached hydrogens (primary N) is 1. The lowest BCUT2D eigenvalue weighted by Crippen LogP contribution is -2.00. The molecule has 0 amide bonds. The molecule has 0 atom stereocenters.